The van der Waals surface area contributed by atoms with Gasteiger partial charge in [0.25, 0.3) is 0 Å². The SMILES string of the molecule is CC1(C)c2ccccc2-c2c(-c3cc(-c4nc(-c5ccccc5)nc(-c5ccccc5)n4)c4ccccc4c3)cccc2C1(C)C.CC1(C)c2ccccc2-c2c(-c3nc(-c4ccccc4)c4ccccc4n3)cccc2C1(C)C.CC1(C)c2ccccc2-c2c(-c3nc4c(ccc5ccccc54)nc3-c3ccccc3)cccc2C1(C)C. The molecule has 15 aromatic carbocycles. The molecule has 0 fully saturated rings. The average molecular weight is 1530 g/mol. The summed E-state index contributed by atoms with van der Waals surface area (Å²) in [7, 11) is 0. The molecule has 0 N–H and O–H groups in total. The van der Waals surface area contributed by atoms with Crippen molar-refractivity contribution >= 4 is 43.5 Å². The fourth-order valence-corrected chi connectivity index (χ4v) is 18.8. The lowest BCUT2D eigenvalue weighted by atomic mass is 9.55. The normalized spacial score (nSPS) is 15.0. The van der Waals surface area contributed by atoms with E-state index in [1.54, 1.807) is 0 Å². The third kappa shape index (κ3) is 12.2. The molecular weight excluding hydrogens is 1430 g/mol. The number of para-hydroxylation sites is 1. The highest BCUT2D eigenvalue weighted by atomic mass is 15.0. The van der Waals surface area contributed by atoms with E-state index in [2.05, 4.69) is 386 Å². The maximum absolute atomic E-state index is 5.45. The topological polar surface area (TPSA) is 90.2 Å². The minimum atomic E-state index is -0.0737. The second kappa shape index (κ2) is 28.7. The summed E-state index contributed by atoms with van der Waals surface area (Å²) in [6.45, 7) is 28.5. The fraction of sp³-hybridized carbons (Fsp3) is 0.162. The van der Waals surface area contributed by atoms with Gasteiger partial charge in [-0.1, -0.05) is 405 Å². The van der Waals surface area contributed by atoms with Crippen molar-refractivity contribution in [1.29, 1.82) is 0 Å². The third-order valence-electron chi connectivity index (χ3n) is 27.4. The molecule has 0 radical (unpaired) electrons. The van der Waals surface area contributed by atoms with Crippen molar-refractivity contribution < 1.29 is 0 Å². The largest absolute Gasteiger partial charge is 0.244 e. The van der Waals surface area contributed by atoms with Crippen LogP contribution in [0.2, 0.25) is 0 Å². The van der Waals surface area contributed by atoms with Gasteiger partial charge in [0.1, 0.15) is 0 Å². The lowest BCUT2D eigenvalue weighted by Gasteiger charge is -2.48. The Labute approximate surface area is 692 Å². The number of hydrogen-bond donors (Lipinski definition) is 0. The molecule has 3 heterocycles. The van der Waals surface area contributed by atoms with Crippen molar-refractivity contribution in [3.63, 3.8) is 0 Å². The number of benzene rings is 15. The van der Waals surface area contributed by atoms with E-state index in [-0.39, 0.29) is 32.5 Å². The Bertz CT molecular complexity index is 6920. The summed E-state index contributed by atoms with van der Waals surface area (Å²) in [4.78, 5) is 36.2. The zero-order chi connectivity index (χ0) is 81.0. The number of aromatic nitrogens is 7. The summed E-state index contributed by atoms with van der Waals surface area (Å²) in [5.74, 6) is 2.76. The van der Waals surface area contributed by atoms with E-state index in [9.17, 15) is 0 Å². The smallest absolute Gasteiger partial charge is 0.164 e. The van der Waals surface area contributed by atoms with Crippen LogP contribution < -0.4 is 0 Å². The van der Waals surface area contributed by atoms with E-state index in [1.165, 1.54) is 77.7 Å². The molecule has 3 aromatic heterocycles. The minimum absolute atomic E-state index is 0.00530. The van der Waals surface area contributed by atoms with E-state index >= 15 is 0 Å². The molecule has 3 aliphatic rings. The Morgan fingerprint density at radius 1 is 0.178 bits per heavy atom. The summed E-state index contributed by atoms with van der Waals surface area (Å²) in [6.07, 6.45) is 0. The van der Waals surface area contributed by atoms with Crippen LogP contribution in [0.25, 0.3) is 167 Å². The minimum Gasteiger partial charge on any atom is -0.244 e. The van der Waals surface area contributed by atoms with E-state index in [1.807, 2.05) is 42.5 Å². The van der Waals surface area contributed by atoms with Gasteiger partial charge < -0.3 is 0 Å². The van der Waals surface area contributed by atoms with Crippen LogP contribution in [0.5, 0.6) is 0 Å². The van der Waals surface area contributed by atoms with Crippen molar-refractivity contribution in [2.75, 3.05) is 0 Å². The Balaban J connectivity index is 0.000000119. The van der Waals surface area contributed by atoms with Gasteiger partial charge in [0.05, 0.1) is 33.6 Å². The quantitative estimate of drug-likeness (QED) is 0.140. The molecule has 0 unspecified atom stereocenters. The van der Waals surface area contributed by atoms with Crippen LogP contribution >= 0.6 is 0 Å². The number of rotatable bonds is 8. The zero-order valence-corrected chi connectivity index (χ0v) is 69.0. The molecule has 0 bridgehead atoms. The molecule has 18 aromatic rings. The van der Waals surface area contributed by atoms with Gasteiger partial charge in [0.2, 0.25) is 0 Å². The first-order valence-corrected chi connectivity index (χ1v) is 41.3. The molecule has 7 heteroatoms. The Morgan fingerprint density at radius 2 is 0.542 bits per heavy atom. The first kappa shape index (κ1) is 74.6. The van der Waals surface area contributed by atoms with E-state index in [0.717, 1.165) is 106 Å². The highest BCUT2D eigenvalue weighted by Gasteiger charge is 2.49. The molecule has 0 atom stereocenters. The first-order chi connectivity index (χ1) is 57.1. The van der Waals surface area contributed by atoms with Crippen LogP contribution in [-0.2, 0) is 32.5 Å². The molecular formula is C111H93N7. The fourth-order valence-electron chi connectivity index (χ4n) is 18.8. The standard InChI is InChI=1S/C43H35N3.C36H30N2.C32H28N2/c1-42(2)36-24-14-13-22-34(36)38-33(23-15-25-37(38)43(42,3)4)31-26-30-20-11-12-21-32(30)35(27-31)41-45-39(28-16-7-5-8-17-28)44-40(46-41)29-18-9-6-10-19-29;1-35(2)28-19-11-10-17-26(28)31-27(18-12-20-29(31)36(35,3)4)34-32(24-14-6-5-7-15-24)37-30-22-21-23-13-8-9-16-25(23)33(30)38-34;1-31(2)25-18-10-8-15-22(25)28-24(17-12-19-26(28)32(31,3)4)30-33-27-20-11-9-16-23(27)29(34-30)21-13-6-5-7-14-21/h5-27H,1-4H3;5-22H,1-4H3;5-20H,1-4H3. The van der Waals surface area contributed by atoms with Crippen LogP contribution in [0, 0.1) is 0 Å². The highest BCUT2D eigenvalue weighted by Crippen LogP contribution is 2.60. The Hall–Kier alpha value is -13.5. The van der Waals surface area contributed by atoms with Crippen LogP contribution in [0.4, 0.5) is 0 Å². The summed E-state index contributed by atoms with van der Waals surface area (Å²) >= 11 is 0. The molecule has 0 spiro atoms. The summed E-state index contributed by atoms with van der Waals surface area (Å²) in [5.41, 5.74) is 31.1. The molecule has 21 rings (SSSR count). The van der Waals surface area contributed by atoms with E-state index in [4.69, 9.17) is 34.9 Å². The van der Waals surface area contributed by atoms with Crippen LogP contribution in [0.1, 0.15) is 116 Å². The van der Waals surface area contributed by atoms with Crippen molar-refractivity contribution in [1.82, 2.24) is 34.9 Å². The number of fused-ring (bicyclic) bond motifs is 14. The van der Waals surface area contributed by atoms with Gasteiger partial charge >= 0.3 is 0 Å². The first-order valence-electron chi connectivity index (χ1n) is 41.3. The van der Waals surface area contributed by atoms with Crippen molar-refractivity contribution in [2.45, 2.75) is 116 Å². The van der Waals surface area contributed by atoms with Gasteiger partial charge in [0.15, 0.2) is 23.3 Å². The van der Waals surface area contributed by atoms with Gasteiger partial charge in [-0.05, 0) is 151 Å². The van der Waals surface area contributed by atoms with Crippen molar-refractivity contribution in [2.24, 2.45) is 0 Å². The van der Waals surface area contributed by atoms with Gasteiger partial charge in [-0.15, -0.1) is 0 Å². The van der Waals surface area contributed by atoms with Crippen LogP contribution in [0.15, 0.2) is 346 Å². The lowest BCUT2D eigenvalue weighted by Crippen LogP contribution is -2.43. The second-order valence-corrected chi connectivity index (χ2v) is 35.1. The summed E-state index contributed by atoms with van der Waals surface area (Å²) in [5, 5.41) is 5.64. The van der Waals surface area contributed by atoms with Crippen molar-refractivity contribution in [3.05, 3.63) is 379 Å². The molecule has 0 aliphatic heterocycles. The molecule has 118 heavy (non-hydrogen) atoms. The van der Waals surface area contributed by atoms with Gasteiger partial charge in [-0.25, -0.2) is 34.9 Å². The summed E-state index contributed by atoms with van der Waals surface area (Å²) in [6, 6.07) is 122. The predicted molar refractivity (Wildman–Crippen MR) is 492 cm³/mol. The second-order valence-electron chi connectivity index (χ2n) is 35.1. The van der Waals surface area contributed by atoms with Gasteiger partial charge in [0, 0.05) is 49.7 Å². The maximum Gasteiger partial charge on any atom is 0.164 e. The maximum atomic E-state index is 5.45. The van der Waals surface area contributed by atoms with Gasteiger partial charge in [-0.3, -0.25) is 0 Å². The predicted octanol–water partition coefficient (Wildman–Crippen LogP) is 28.5. The van der Waals surface area contributed by atoms with E-state index < -0.39 is 0 Å². The van der Waals surface area contributed by atoms with Crippen LogP contribution in [0.3, 0.4) is 0 Å². The van der Waals surface area contributed by atoms with Gasteiger partial charge in [-0.2, -0.15) is 0 Å². The van der Waals surface area contributed by atoms with Crippen LogP contribution in [-0.4, -0.2) is 34.9 Å². The summed E-state index contributed by atoms with van der Waals surface area (Å²) < 4.78 is 0. The molecule has 7 nitrogen and oxygen atoms in total. The number of hydrogen-bond acceptors (Lipinski definition) is 7. The van der Waals surface area contributed by atoms with E-state index in [0.29, 0.717) is 17.5 Å². The lowest BCUT2D eigenvalue weighted by molar-refractivity contribution is 0.299. The highest BCUT2D eigenvalue weighted by molar-refractivity contribution is 6.07. The average Bonchev–Trinajstić information content (AvgIpc) is 0.714. The molecule has 0 saturated carbocycles. The molecule has 3 aliphatic carbocycles. The van der Waals surface area contributed by atoms with Crippen molar-refractivity contribution in [3.8, 4) is 124 Å². The monoisotopic (exact) mass is 1520 g/mol. The zero-order valence-electron chi connectivity index (χ0n) is 69.0. The molecule has 0 saturated heterocycles. The Morgan fingerprint density at radius 3 is 1.07 bits per heavy atom. The molecule has 572 valence electrons. The number of nitrogens with zero attached hydrogens (tertiary/aromatic N) is 7. The third-order valence-corrected chi connectivity index (χ3v) is 27.4. The Kier molecular flexibility index (Phi) is 18.2. The molecule has 0 amide bonds.